The first kappa shape index (κ1) is 13.4. The summed E-state index contributed by atoms with van der Waals surface area (Å²) in [6.45, 7) is 5.21. The molecule has 1 aromatic heterocycles. The van der Waals surface area contributed by atoms with Gasteiger partial charge in [0.1, 0.15) is 0 Å². The highest BCUT2D eigenvalue weighted by atomic mass is 16.1. The molecule has 0 radical (unpaired) electrons. The smallest absolute Gasteiger partial charge is 0.252 e. The Morgan fingerprint density at radius 1 is 1.19 bits per heavy atom. The number of hydrogen-bond acceptors (Lipinski definition) is 4. The lowest BCUT2D eigenvalue weighted by Gasteiger charge is -2.22. The number of nitrogens with zero attached hydrogens (tertiary/aromatic N) is 2. The van der Waals surface area contributed by atoms with Gasteiger partial charge in [-0.3, -0.25) is 9.78 Å². The molecule has 5 nitrogen and oxygen atoms in total. The first-order valence-electron chi connectivity index (χ1n) is 6.86. The molecule has 0 spiro atoms. The van der Waals surface area contributed by atoms with Gasteiger partial charge in [0.15, 0.2) is 0 Å². The third-order valence-electron chi connectivity index (χ3n) is 3.85. The van der Waals surface area contributed by atoms with Gasteiger partial charge in [0, 0.05) is 24.5 Å². The molecule has 2 heterocycles. The van der Waals surface area contributed by atoms with Gasteiger partial charge in [0.05, 0.1) is 16.9 Å². The van der Waals surface area contributed by atoms with E-state index < -0.39 is 5.91 Å². The Hall–Kier alpha value is -2.56. The van der Waals surface area contributed by atoms with Crippen molar-refractivity contribution in [2.24, 2.45) is 5.73 Å². The van der Waals surface area contributed by atoms with E-state index in [2.05, 4.69) is 9.88 Å². The summed E-state index contributed by atoms with van der Waals surface area (Å²) in [6, 6.07) is 7.85. The van der Waals surface area contributed by atoms with Crippen LogP contribution in [0.2, 0.25) is 0 Å². The molecule has 1 aliphatic rings. The molecule has 1 aromatic carbocycles. The van der Waals surface area contributed by atoms with E-state index in [0.29, 0.717) is 11.3 Å². The van der Waals surface area contributed by atoms with Crippen molar-refractivity contribution >= 4 is 17.3 Å². The number of carbonyl (C=O) groups excluding carboxylic acids is 1. The summed E-state index contributed by atoms with van der Waals surface area (Å²) in [5, 5.41) is 0. The Bertz CT molecular complexity index is 739. The number of carbonyl (C=O) groups is 1. The lowest BCUT2D eigenvalue weighted by molar-refractivity contribution is 0.0999. The fourth-order valence-corrected chi connectivity index (χ4v) is 2.95. The van der Waals surface area contributed by atoms with E-state index in [-0.39, 0.29) is 0 Å². The summed E-state index contributed by atoms with van der Waals surface area (Å²) in [5.41, 5.74) is 17.5. The molecule has 4 N–H and O–H groups in total. The van der Waals surface area contributed by atoms with Crippen molar-refractivity contribution in [3.8, 4) is 0 Å². The summed E-state index contributed by atoms with van der Waals surface area (Å²) in [6.07, 6.45) is 0. The van der Waals surface area contributed by atoms with Gasteiger partial charge in [-0.1, -0.05) is 6.07 Å². The zero-order chi connectivity index (χ0) is 15.1. The largest absolute Gasteiger partial charge is 0.399 e. The predicted molar refractivity (Wildman–Crippen MR) is 83.0 cm³/mol. The predicted octanol–water partition coefficient (Wildman–Crippen LogP) is 1.90. The minimum absolute atomic E-state index is 0.439. The number of anilines is 2. The normalized spacial score (nSPS) is 13.3. The van der Waals surface area contributed by atoms with E-state index in [1.165, 1.54) is 11.1 Å². The second-order valence-corrected chi connectivity index (χ2v) is 5.49. The van der Waals surface area contributed by atoms with Crippen LogP contribution in [0.15, 0.2) is 24.3 Å². The number of aromatic nitrogens is 1. The van der Waals surface area contributed by atoms with Crippen LogP contribution in [0.1, 0.15) is 32.9 Å². The van der Waals surface area contributed by atoms with Gasteiger partial charge in [-0.2, -0.15) is 0 Å². The van der Waals surface area contributed by atoms with E-state index >= 15 is 0 Å². The molecule has 0 atom stereocenters. The summed E-state index contributed by atoms with van der Waals surface area (Å²) in [4.78, 5) is 18.3. The lowest BCUT2D eigenvalue weighted by Crippen LogP contribution is -2.23. The van der Waals surface area contributed by atoms with Gasteiger partial charge in [0.25, 0.3) is 5.91 Å². The average Bonchev–Trinajstić information content (AvgIpc) is 2.79. The van der Waals surface area contributed by atoms with Gasteiger partial charge in [0.2, 0.25) is 0 Å². The highest BCUT2D eigenvalue weighted by Gasteiger charge is 2.24. The summed E-state index contributed by atoms with van der Waals surface area (Å²) < 4.78 is 0. The molecular formula is C16H18N4O. The second kappa shape index (κ2) is 4.77. The summed E-state index contributed by atoms with van der Waals surface area (Å²) >= 11 is 0. The minimum atomic E-state index is -0.439. The first-order chi connectivity index (χ1) is 9.95. The molecule has 0 aliphatic carbocycles. The summed E-state index contributed by atoms with van der Waals surface area (Å²) in [7, 11) is 0. The van der Waals surface area contributed by atoms with Gasteiger partial charge < -0.3 is 16.4 Å². The van der Waals surface area contributed by atoms with Crippen molar-refractivity contribution in [2.45, 2.75) is 26.9 Å². The van der Waals surface area contributed by atoms with Crippen LogP contribution in [0, 0.1) is 13.8 Å². The highest BCUT2D eigenvalue weighted by molar-refractivity contribution is 5.99. The zero-order valence-corrected chi connectivity index (χ0v) is 12.2. The van der Waals surface area contributed by atoms with Crippen LogP contribution in [0.5, 0.6) is 0 Å². The number of amides is 1. The quantitative estimate of drug-likeness (QED) is 0.824. The first-order valence-corrected chi connectivity index (χ1v) is 6.86. The van der Waals surface area contributed by atoms with Crippen LogP contribution >= 0.6 is 0 Å². The fraction of sp³-hybridized carbons (Fsp3) is 0.250. The Balaban J connectivity index is 2.05. The molecule has 1 aliphatic heterocycles. The zero-order valence-electron chi connectivity index (χ0n) is 12.2. The van der Waals surface area contributed by atoms with Gasteiger partial charge in [-0.05, 0) is 43.2 Å². The average molecular weight is 282 g/mol. The monoisotopic (exact) mass is 282 g/mol. The maximum atomic E-state index is 11.8. The van der Waals surface area contributed by atoms with E-state index in [4.69, 9.17) is 11.5 Å². The number of aryl methyl sites for hydroxylation is 2. The number of hydrogen-bond donors (Lipinski definition) is 2. The molecule has 0 bridgehead atoms. The van der Waals surface area contributed by atoms with E-state index in [1.54, 1.807) is 0 Å². The van der Waals surface area contributed by atoms with Crippen molar-refractivity contribution in [2.75, 3.05) is 10.6 Å². The van der Waals surface area contributed by atoms with Crippen molar-refractivity contribution in [1.29, 1.82) is 0 Å². The number of rotatable bonds is 2. The Morgan fingerprint density at radius 2 is 1.90 bits per heavy atom. The minimum Gasteiger partial charge on any atom is -0.399 e. The topological polar surface area (TPSA) is 85.2 Å². The maximum absolute atomic E-state index is 11.8. The molecule has 3 rings (SSSR count). The molecule has 2 aromatic rings. The fourth-order valence-electron chi connectivity index (χ4n) is 2.95. The maximum Gasteiger partial charge on any atom is 0.252 e. The molecule has 5 heteroatoms. The van der Waals surface area contributed by atoms with E-state index in [9.17, 15) is 4.79 Å². The molecule has 0 fully saturated rings. The molecule has 0 unspecified atom stereocenters. The van der Waals surface area contributed by atoms with Gasteiger partial charge in [-0.15, -0.1) is 0 Å². The Kier molecular flexibility index (Phi) is 3.05. The van der Waals surface area contributed by atoms with E-state index in [0.717, 1.165) is 30.2 Å². The SMILES string of the molecule is Cc1cc(N2Cc3ccc(N)cc3C2)c(C(N)=O)c(C)n1. The van der Waals surface area contributed by atoms with Crippen molar-refractivity contribution in [1.82, 2.24) is 4.98 Å². The number of fused-ring (bicyclic) bond motifs is 1. The molecule has 0 saturated heterocycles. The lowest BCUT2D eigenvalue weighted by atomic mass is 10.1. The number of nitrogens with two attached hydrogens (primary N) is 2. The van der Waals surface area contributed by atoms with Crippen LogP contribution in [-0.4, -0.2) is 10.9 Å². The third-order valence-corrected chi connectivity index (χ3v) is 3.85. The number of pyridine rings is 1. The molecular weight excluding hydrogens is 264 g/mol. The van der Waals surface area contributed by atoms with Crippen molar-refractivity contribution in [3.05, 3.63) is 52.3 Å². The van der Waals surface area contributed by atoms with Gasteiger partial charge >= 0.3 is 0 Å². The third kappa shape index (κ3) is 2.31. The molecule has 1 amide bonds. The van der Waals surface area contributed by atoms with E-state index in [1.807, 2.05) is 38.1 Å². The standard InChI is InChI=1S/C16H18N4O/c1-9-5-14(15(16(18)21)10(2)19-9)20-7-11-3-4-13(17)6-12(11)8-20/h3-6H,7-8,17H2,1-2H3,(H2,18,21). The van der Waals surface area contributed by atoms with Crippen LogP contribution in [0.25, 0.3) is 0 Å². The van der Waals surface area contributed by atoms with Gasteiger partial charge in [-0.25, -0.2) is 0 Å². The molecule has 108 valence electrons. The Morgan fingerprint density at radius 3 is 2.62 bits per heavy atom. The van der Waals surface area contributed by atoms with Crippen LogP contribution in [0.4, 0.5) is 11.4 Å². The number of primary amides is 1. The van der Waals surface area contributed by atoms with Crippen LogP contribution in [-0.2, 0) is 13.1 Å². The van der Waals surface area contributed by atoms with Crippen molar-refractivity contribution < 1.29 is 4.79 Å². The number of benzene rings is 1. The van der Waals surface area contributed by atoms with Crippen LogP contribution in [0.3, 0.4) is 0 Å². The number of nitrogen functional groups attached to an aromatic ring is 1. The molecule has 21 heavy (non-hydrogen) atoms. The second-order valence-electron chi connectivity index (χ2n) is 5.49. The highest BCUT2D eigenvalue weighted by Crippen LogP contribution is 2.32. The molecule has 0 saturated carbocycles. The van der Waals surface area contributed by atoms with Crippen LogP contribution < -0.4 is 16.4 Å². The Labute approximate surface area is 123 Å². The summed E-state index contributed by atoms with van der Waals surface area (Å²) in [5.74, 6) is -0.439. The van der Waals surface area contributed by atoms with Crippen molar-refractivity contribution in [3.63, 3.8) is 0 Å².